The molecule has 4 N–H and O–H groups in total. The molecule has 0 saturated heterocycles. The Morgan fingerprint density at radius 2 is 1.92 bits per heavy atom. The Morgan fingerprint density at radius 3 is 2.69 bits per heavy atom. The van der Waals surface area contributed by atoms with Crippen LogP contribution in [-0.4, -0.2) is 26.6 Å². The lowest BCUT2D eigenvalue weighted by atomic mass is 10.1. The van der Waals surface area contributed by atoms with E-state index in [1.54, 1.807) is 59.7 Å². The first-order valence-electron chi connectivity index (χ1n) is 11.0. The average Bonchev–Trinajstić information content (AvgIpc) is 3.51. The molecule has 3 heterocycles. The average molecular weight is 501 g/mol. The molecule has 0 bridgehead atoms. The Bertz CT molecular complexity index is 1530. The van der Waals surface area contributed by atoms with Gasteiger partial charge in [0.25, 0.3) is 11.8 Å². The standard InChI is InChI=1S/C26H21FN6O2S/c27-23(26(35)30-14-16-5-4-10-29-13-16)18-9-8-17-11-22(36-21(17)12-18)25(34)31-24-20(28)15-33(32-24)19-6-2-1-3-7-19/h1-13,15,23H,14,28H2,(H,30,35)(H,31,32,34). The lowest BCUT2D eigenvalue weighted by Crippen LogP contribution is -2.26. The number of pyridine rings is 1. The Labute approximate surface area is 209 Å². The highest BCUT2D eigenvalue weighted by Gasteiger charge is 2.21. The molecule has 10 heteroatoms. The predicted octanol–water partition coefficient (Wildman–Crippen LogP) is 4.64. The van der Waals surface area contributed by atoms with Gasteiger partial charge in [-0.05, 0) is 46.8 Å². The zero-order valence-electron chi connectivity index (χ0n) is 18.9. The second kappa shape index (κ2) is 9.96. The van der Waals surface area contributed by atoms with Crippen molar-refractivity contribution in [3.63, 3.8) is 0 Å². The number of hydrogen-bond acceptors (Lipinski definition) is 6. The van der Waals surface area contributed by atoms with E-state index in [9.17, 15) is 14.0 Å². The fraction of sp³-hybridized carbons (Fsp3) is 0.0769. The monoisotopic (exact) mass is 500 g/mol. The van der Waals surface area contributed by atoms with Gasteiger partial charge in [0.05, 0.1) is 22.4 Å². The number of nitrogen functional groups attached to an aromatic ring is 1. The largest absolute Gasteiger partial charge is 0.394 e. The number of nitrogens with one attached hydrogen (secondary N) is 2. The molecule has 0 spiro atoms. The number of para-hydroxylation sites is 1. The van der Waals surface area contributed by atoms with Crippen molar-refractivity contribution in [3.8, 4) is 5.69 Å². The van der Waals surface area contributed by atoms with Gasteiger partial charge in [0.15, 0.2) is 5.82 Å². The van der Waals surface area contributed by atoms with Gasteiger partial charge >= 0.3 is 0 Å². The predicted molar refractivity (Wildman–Crippen MR) is 138 cm³/mol. The summed E-state index contributed by atoms with van der Waals surface area (Å²) >= 11 is 1.19. The van der Waals surface area contributed by atoms with Crippen molar-refractivity contribution < 1.29 is 14.0 Å². The number of amides is 2. The Kier molecular flexibility index (Phi) is 6.42. The van der Waals surface area contributed by atoms with Crippen LogP contribution in [0.5, 0.6) is 0 Å². The number of benzene rings is 2. The fourth-order valence-corrected chi connectivity index (χ4v) is 4.62. The van der Waals surface area contributed by atoms with Gasteiger partial charge < -0.3 is 16.4 Å². The topological polar surface area (TPSA) is 115 Å². The molecule has 5 rings (SSSR count). The van der Waals surface area contributed by atoms with Gasteiger partial charge in [-0.15, -0.1) is 16.4 Å². The molecule has 0 radical (unpaired) electrons. The number of alkyl halides is 1. The van der Waals surface area contributed by atoms with Gasteiger partial charge in [0.2, 0.25) is 6.17 Å². The van der Waals surface area contributed by atoms with Crippen molar-refractivity contribution in [2.45, 2.75) is 12.7 Å². The fourth-order valence-electron chi connectivity index (χ4n) is 3.62. The Morgan fingerprint density at radius 1 is 1.08 bits per heavy atom. The molecule has 0 aliphatic carbocycles. The van der Waals surface area contributed by atoms with Crippen LogP contribution in [0, 0.1) is 0 Å². The quantitative estimate of drug-likeness (QED) is 0.301. The minimum Gasteiger partial charge on any atom is -0.394 e. The van der Waals surface area contributed by atoms with E-state index in [2.05, 4.69) is 20.7 Å². The summed E-state index contributed by atoms with van der Waals surface area (Å²) in [5.74, 6) is -0.873. The van der Waals surface area contributed by atoms with E-state index in [1.165, 1.54) is 11.3 Å². The summed E-state index contributed by atoms with van der Waals surface area (Å²) in [4.78, 5) is 29.6. The van der Waals surface area contributed by atoms with E-state index >= 15 is 0 Å². The van der Waals surface area contributed by atoms with Crippen LogP contribution in [0.2, 0.25) is 0 Å². The SMILES string of the molecule is Nc1cn(-c2ccccc2)nc1NC(=O)c1cc2ccc(C(F)C(=O)NCc3cccnc3)cc2s1. The first-order chi connectivity index (χ1) is 17.5. The van der Waals surface area contributed by atoms with Crippen molar-refractivity contribution in [2.24, 2.45) is 0 Å². The van der Waals surface area contributed by atoms with Crippen molar-refractivity contribution in [2.75, 3.05) is 11.1 Å². The lowest BCUT2D eigenvalue weighted by molar-refractivity contribution is -0.126. The molecule has 0 saturated carbocycles. The molecular weight excluding hydrogens is 479 g/mol. The number of anilines is 2. The van der Waals surface area contributed by atoms with Crippen LogP contribution in [0.3, 0.4) is 0 Å². The van der Waals surface area contributed by atoms with Crippen LogP contribution >= 0.6 is 11.3 Å². The second-order valence-corrected chi connectivity index (χ2v) is 9.10. The zero-order valence-corrected chi connectivity index (χ0v) is 19.7. The number of aromatic nitrogens is 3. The van der Waals surface area contributed by atoms with Gasteiger partial charge in [-0.25, -0.2) is 9.07 Å². The highest BCUT2D eigenvalue weighted by Crippen LogP contribution is 2.31. The number of thiophene rings is 1. The number of rotatable bonds is 7. The Balaban J connectivity index is 1.28. The van der Waals surface area contributed by atoms with Gasteiger partial charge in [0, 0.05) is 23.6 Å². The molecule has 0 aliphatic rings. The molecule has 5 aromatic rings. The number of fused-ring (bicyclic) bond motifs is 1. The highest BCUT2D eigenvalue weighted by molar-refractivity contribution is 7.20. The van der Waals surface area contributed by atoms with Crippen LogP contribution in [0.4, 0.5) is 15.9 Å². The minimum absolute atomic E-state index is 0.182. The molecule has 8 nitrogen and oxygen atoms in total. The van der Waals surface area contributed by atoms with Gasteiger partial charge in [0.1, 0.15) is 0 Å². The third-order valence-electron chi connectivity index (χ3n) is 5.48. The maximum Gasteiger partial charge on any atom is 0.267 e. The van der Waals surface area contributed by atoms with Gasteiger partial charge in [-0.2, -0.15) is 0 Å². The lowest BCUT2D eigenvalue weighted by Gasteiger charge is -2.10. The maximum atomic E-state index is 14.9. The van der Waals surface area contributed by atoms with E-state index < -0.39 is 12.1 Å². The summed E-state index contributed by atoms with van der Waals surface area (Å²) in [6.07, 6.45) is 3.02. The van der Waals surface area contributed by atoms with Crippen molar-refractivity contribution in [3.05, 3.63) is 101 Å². The van der Waals surface area contributed by atoms with E-state index in [1.807, 2.05) is 30.3 Å². The number of nitrogens with zero attached hydrogens (tertiary/aromatic N) is 3. The molecule has 3 aromatic heterocycles. The van der Waals surface area contributed by atoms with Crippen molar-refractivity contribution in [1.82, 2.24) is 20.1 Å². The van der Waals surface area contributed by atoms with E-state index in [-0.39, 0.29) is 23.8 Å². The third-order valence-corrected chi connectivity index (χ3v) is 6.57. The van der Waals surface area contributed by atoms with Gasteiger partial charge in [-0.1, -0.05) is 36.4 Å². The van der Waals surface area contributed by atoms with Crippen LogP contribution in [0.1, 0.15) is 27.0 Å². The summed E-state index contributed by atoms with van der Waals surface area (Å²) in [6, 6.07) is 19.5. The first-order valence-corrected chi connectivity index (χ1v) is 11.9. The molecule has 180 valence electrons. The summed E-state index contributed by atoms with van der Waals surface area (Å²) in [6.45, 7) is 0.182. The molecule has 2 amide bonds. The van der Waals surface area contributed by atoms with Gasteiger partial charge in [-0.3, -0.25) is 14.6 Å². The van der Waals surface area contributed by atoms with Crippen molar-refractivity contribution in [1.29, 1.82) is 0 Å². The number of carbonyl (C=O) groups excluding carboxylic acids is 2. The highest BCUT2D eigenvalue weighted by atomic mass is 32.1. The molecule has 1 unspecified atom stereocenters. The zero-order chi connectivity index (χ0) is 25.1. The molecule has 36 heavy (non-hydrogen) atoms. The van der Waals surface area contributed by atoms with Crippen molar-refractivity contribution >= 4 is 44.7 Å². The second-order valence-electron chi connectivity index (χ2n) is 8.02. The van der Waals surface area contributed by atoms with Crippen LogP contribution < -0.4 is 16.4 Å². The molecule has 2 aromatic carbocycles. The van der Waals surface area contributed by atoms with Crippen LogP contribution in [0.15, 0.2) is 85.3 Å². The summed E-state index contributed by atoms with van der Waals surface area (Å²) in [7, 11) is 0. The number of nitrogens with two attached hydrogens (primary N) is 1. The first kappa shape index (κ1) is 23.2. The molecule has 0 aliphatic heterocycles. The molecular formula is C26H21FN6O2S. The van der Waals surface area contributed by atoms with Crippen LogP contribution in [0.25, 0.3) is 15.8 Å². The summed E-state index contributed by atoms with van der Waals surface area (Å²) in [5, 5.41) is 10.4. The number of carbonyl (C=O) groups is 2. The van der Waals surface area contributed by atoms with E-state index in [4.69, 9.17) is 5.73 Å². The maximum absolute atomic E-state index is 14.9. The minimum atomic E-state index is -1.84. The van der Waals surface area contributed by atoms with E-state index in [0.717, 1.165) is 16.6 Å². The number of halogens is 1. The molecule has 0 fully saturated rings. The smallest absolute Gasteiger partial charge is 0.267 e. The Hall–Kier alpha value is -4.57. The van der Waals surface area contributed by atoms with Crippen LogP contribution in [-0.2, 0) is 11.3 Å². The normalized spacial score (nSPS) is 11.8. The molecule has 1 atom stereocenters. The summed E-state index contributed by atoms with van der Waals surface area (Å²) in [5.41, 5.74) is 8.17. The third kappa shape index (κ3) is 4.93. The van der Waals surface area contributed by atoms with E-state index in [0.29, 0.717) is 15.3 Å². The summed E-state index contributed by atoms with van der Waals surface area (Å²) < 4.78 is 17.1. The number of hydrogen-bond donors (Lipinski definition) is 3.